The molecular formula is C13H25N3O. The van der Waals surface area contributed by atoms with Gasteiger partial charge in [-0.1, -0.05) is 26.7 Å². The van der Waals surface area contributed by atoms with Crippen LogP contribution in [0.3, 0.4) is 0 Å². The molecule has 0 bridgehead atoms. The number of hydrogen-bond donors (Lipinski definition) is 1. The molecule has 0 saturated heterocycles. The topological polar surface area (TPSA) is 39.1 Å². The molecule has 1 rings (SSSR count). The van der Waals surface area contributed by atoms with Crippen LogP contribution in [0.5, 0.6) is 0 Å². The molecule has 0 amide bonds. The van der Waals surface area contributed by atoms with Gasteiger partial charge >= 0.3 is 0 Å². The van der Waals surface area contributed by atoms with E-state index >= 15 is 0 Å². The fourth-order valence-corrected chi connectivity index (χ4v) is 1.83. The summed E-state index contributed by atoms with van der Waals surface area (Å²) in [6.45, 7) is 8.01. The molecule has 1 aromatic heterocycles. The second kappa shape index (κ2) is 8.25. The summed E-state index contributed by atoms with van der Waals surface area (Å²) in [6.07, 6.45) is 6.54. The predicted octanol–water partition coefficient (Wildman–Crippen LogP) is 2.06. The van der Waals surface area contributed by atoms with E-state index in [0.29, 0.717) is 0 Å². The highest BCUT2D eigenvalue weighted by Crippen LogP contribution is 2.10. The first-order chi connectivity index (χ1) is 8.30. The number of hydrogen-bond acceptors (Lipinski definition) is 3. The summed E-state index contributed by atoms with van der Waals surface area (Å²) in [5.74, 6) is 0.763. The largest absolute Gasteiger partial charge is 0.383 e. The third-order valence-electron chi connectivity index (χ3n) is 3.10. The second-order valence-electron chi connectivity index (χ2n) is 4.41. The molecule has 0 radical (unpaired) electrons. The van der Waals surface area contributed by atoms with Crippen molar-refractivity contribution in [2.24, 2.45) is 5.92 Å². The molecule has 0 aliphatic rings. The maximum atomic E-state index is 4.98. The first-order valence-corrected chi connectivity index (χ1v) is 6.50. The molecule has 0 atom stereocenters. The van der Waals surface area contributed by atoms with E-state index in [1.807, 2.05) is 6.33 Å². The molecule has 1 aromatic rings. The first-order valence-electron chi connectivity index (χ1n) is 6.50. The Labute approximate surface area is 104 Å². The zero-order chi connectivity index (χ0) is 12.5. The van der Waals surface area contributed by atoms with Crippen LogP contribution in [-0.4, -0.2) is 29.8 Å². The van der Waals surface area contributed by atoms with Gasteiger partial charge in [0, 0.05) is 32.9 Å². The summed E-state index contributed by atoms with van der Waals surface area (Å²) in [5, 5.41) is 3.30. The molecule has 4 heteroatoms. The fourth-order valence-electron chi connectivity index (χ4n) is 1.83. The van der Waals surface area contributed by atoms with Crippen molar-refractivity contribution in [2.75, 3.05) is 20.3 Å². The van der Waals surface area contributed by atoms with Crippen LogP contribution in [0.15, 0.2) is 12.5 Å². The highest BCUT2D eigenvalue weighted by Gasteiger charge is 2.05. The van der Waals surface area contributed by atoms with Crippen molar-refractivity contribution in [3.05, 3.63) is 18.2 Å². The minimum Gasteiger partial charge on any atom is -0.383 e. The molecule has 0 fully saturated rings. The zero-order valence-electron chi connectivity index (χ0n) is 11.3. The van der Waals surface area contributed by atoms with Crippen molar-refractivity contribution in [3.8, 4) is 0 Å². The molecule has 1 heterocycles. The normalized spacial score (nSPS) is 11.3. The lowest BCUT2D eigenvalue weighted by atomic mass is 10.0. The van der Waals surface area contributed by atoms with Gasteiger partial charge in [-0.15, -0.1) is 0 Å². The Balaban J connectivity index is 2.32. The second-order valence-corrected chi connectivity index (χ2v) is 4.41. The van der Waals surface area contributed by atoms with Crippen molar-refractivity contribution < 1.29 is 4.74 Å². The van der Waals surface area contributed by atoms with Gasteiger partial charge in [0.05, 0.1) is 18.6 Å². The third-order valence-corrected chi connectivity index (χ3v) is 3.10. The SMILES string of the molecule is CCC(CC)Cn1cnc(CNCCOC)c1. The summed E-state index contributed by atoms with van der Waals surface area (Å²) in [5.41, 5.74) is 1.10. The van der Waals surface area contributed by atoms with Crippen molar-refractivity contribution in [3.63, 3.8) is 0 Å². The Kier molecular flexibility index (Phi) is 6.89. The molecule has 0 saturated carbocycles. The Morgan fingerprint density at radius 1 is 1.41 bits per heavy atom. The van der Waals surface area contributed by atoms with Gasteiger partial charge in [0.1, 0.15) is 0 Å². The Hall–Kier alpha value is -0.870. The van der Waals surface area contributed by atoms with Crippen molar-refractivity contribution in [1.29, 1.82) is 0 Å². The van der Waals surface area contributed by atoms with Crippen LogP contribution < -0.4 is 5.32 Å². The molecule has 0 unspecified atom stereocenters. The number of imidazole rings is 1. The smallest absolute Gasteiger partial charge is 0.0950 e. The molecule has 0 aromatic carbocycles. The Bertz CT molecular complexity index is 295. The molecular weight excluding hydrogens is 214 g/mol. The minimum atomic E-state index is 0.744. The molecule has 1 N–H and O–H groups in total. The molecule has 4 nitrogen and oxygen atoms in total. The van der Waals surface area contributed by atoms with Gasteiger partial charge in [0.15, 0.2) is 0 Å². The maximum absolute atomic E-state index is 4.98. The Morgan fingerprint density at radius 2 is 2.18 bits per heavy atom. The quantitative estimate of drug-likeness (QED) is 0.670. The summed E-state index contributed by atoms with van der Waals surface area (Å²) >= 11 is 0. The summed E-state index contributed by atoms with van der Waals surface area (Å²) in [6, 6.07) is 0. The number of rotatable bonds is 9. The molecule has 98 valence electrons. The predicted molar refractivity (Wildman–Crippen MR) is 69.9 cm³/mol. The van der Waals surface area contributed by atoms with E-state index < -0.39 is 0 Å². The van der Waals surface area contributed by atoms with Crippen LogP contribution >= 0.6 is 0 Å². The average molecular weight is 239 g/mol. The van der Waals surface area contributed by atoms with Gasteiger partial charge in [-0.3, -0.25) is 0 Å². The van der Waals surface area contributed by atoms with E-state index in [9.17, 15) is 0 Å². The van der Waals surface area contributed by atoms with Crippen LogP contribution in [0, 0.1) is 5.92 Å². The van der Waals surface area contributed by atoms with E-state index in [0.717, 1.165) is 37.9 Å². The lowest BCUT2D eigenvalue weighted by molar-refractivity contribution is 0.199. The van der Waals surface area contributed by atoms with Crippen LogP contribution in [0.4, 0.5) is 0 Å². The van der Waals surface area contributed by atoms with E-state index in [4.69, 9.17) is 4.74 Å². The fraction of sp³-hybridized carbons (Fsp3) is 0.769. The number of aromatic nitrogens is 2. The third kappa shape index (κ3) is 5.33. The molecule has 0 aliphatic heterocycles. The van der Waals surface area contributed by atoms with Crippen molar-refractivity contribution >= 4 is 0 Å². The molecule has 0 aliphatic carbocycles. The highest BCUT2D eigenvalue weighted by molar-refractivity contribution is 4.96. The van der Waals surface area contributed by atoms with E-state index in [1.165, 1.54) is 12.8 Å². The van der Waals surface area contributed by atoms with Crippen LogP contribution in [0.2, 0.25) is 0 Å². The number of nitrogens with one attached hydrogen (secondary N) is 1. The van der Waals surface area contributed by atoms with E-state index in [2.05, 4.69) is 34.9 Å². The number of nitrogens with zero attached hydrogens (tertiary/aromatic N) is 2. The molecule has 17 heavy (non-hydrogen) atoms. The van der Waals surface area contributed by atoms with Gasteiger partial charge < -0.3 is 14.6 Å². The zero-order valence-corrected chi connectivity index (χ0v) is 11.3. The summed E-state index contributed by atoms with van der Waals surface area (Å²) in [7, 11) is 1.71. The summed E-state index contributed by atoms with van der Waals surface area (Å²) < 4.78 is 7.18. The standard InChI is InChI=1S/C13H25N3O/c1-4-12(5-2)9-16-10-13(15-11-16)8-14-6-7-17-3/h10-12,14H,4-9H2,1-3H3. The number of methoxy groups -OCH3 is 1. The maximum Gasteiger partial charge on any atom is 0.0950 e. The van der Waals surface area contributed by atoms with Gasteiger partial charge in [-0.2, -0.15) is 0 Å². The van der Waals surface area contributed by atoms with Gasteiger partial charge in [-0.05, 0) is 5.92 Å². The lowest BCUT2D eigenvalue weighted by Crippen LogP contribution is -2.18. The van der Waals surface area contributed by atoms with Gasteiger partial charge in [0.25, 0.3) is 0 Å². The van der Waals surface area contributed by atoms with E-state index in [1.54, 1.807) is 7.11 Å². The van der Waals surface area contributed by atoms with Crippen LogP contribution in [0.1, 0.15) is 32.4 Å². The van der Waals surface area contributed by atoms with Gasteiger partial charge in [-0.25, -0.2) is 4.98 Å². The monoisotopic (exact) mass is 239 g/mol. The lowest BCUT2D eigenvalue weighted by Gasteiger charge is -2.12. The first kappa shape index (κ1) is 14.2. The van der Waals surface area contributed by atoms with Crippen LogP contribution in [-0.2, 0) is 17.8 Å². The number of ether oxygens (including phenoxy) is 1. The summed E-state index contributed by atoms with van der Waals surface area (Å²) in [4.78, 5) is 4.40. The minimum absolute atomic E-state index is 0.744. The van der Waals surface area contributed by atoms with Crippen LogP contribution in [0.25, 0.3) is 0 Å². The van der Waals surface area contributed by atoms with Gasteiger partial charge in [0.2, 0.25) is 0 Å². The molecule has 0 spiro atoms. The van der Waals surface area contributed by atoms with Crippen molar-refractivity contribution in [2.45, 2.75) is 39.8 Å². The highest BCUT2D eigenvalue weighted by atomic mass is 16.5. The van der Waals surface area contributed by atoms with Crippen molar-refractivity contribution in [1.82, 2.24) is 14.9 Å². The Morgan fingerprint density at radius 3 is 2.82 bits per heavy atom. The van der Waals surface area contributed by atoms with E-state index in [-0.39, 0.29) is 0 Å². The average Bonchev–Trinajstić information content (AvgIpc) is 2.79.